The van der Waals surface area contributed by atoms with E-state index in [1.54, 1.807) is 54.4 Å². The zero-order chi connectivity index (χ0) is 28.6. The second kappa shape index (κ2) is 10.7. The average Bonchev–Trinajstić information content (AvgIpc) is 3.58. The molecule has 0 aliphatic carbocycles. The van der Waals surface area contributed by atoms with Crippen LogP contribution in [0.2, 0.25) is 0 Å². The number of carbonyl (C=O) groups excluding carboxylic acids is 2. The first-order valence-corrected chi connectivity index (χ1v) is 12.7. The van der Waals surface area contributed by atoms with Gasteiger partial charge in [-0.15, -0.1) is 0 Å². The Bertz CT molecular complexity index is 1600. The van der Waals surface area contributed by atoms with Crippen molar-refractivity contribution < 1.29 is 24.0 Å². The van der Waals surface area contributed by atoms with Gasteiger partial charge in [-0.1, -0.05) is 19.1 Å². The maximum atomic E-state index is 13.8. The van der Waals surface area contributed by atoms with Crippen LogP contribution in [0.25, 0.3) is 0 Å². The molecule has 206 valence electrons. The summed E-state index contributed by atoms with van der Waals surface area (Å²) < 4.78 is 15.3. The van der Waals surface area contributed by atoms with Crippen LogP contribution >= 0.6 is 0 Å². The van der Waals surface area contributed by atoms with Crippen molar-refractivity contribution in [1.82, 2.24) is 19.7 Å². The molecule has 2 atom stereocenters. The number of carbonyl (C=O) groups is 2. The molecule has 11 nitrogen and oxygen atoms in total. The van der Waals surface area contributed by atoms with Crippen molar-refractivity contribution in [3.8, 4) is 0 Å². The van der Waals surface area contributed by atoms with Gasteiger partial charge in [0, 0.05) is 35.6 Å². The molecule has 2 aromatic carbocycles. The van der Waals surface area contributed by atoms with E-state index in [2.05, 4.69) is 15.4 Å². The summed E-state index contributed by atoms with van der Waals surface area (Å²) in [5.41, 5.74) is 2.56. The van der Waals surface area contributed by atoms with E-state index in [1.165, 1.54) is 10.7 Å². The van der Waals surface area contributed by atoms with E-state index < -0.39 is 28.4 Å². The summed E-state index contributed by atoms with van der Waals surface area (Å²) in [6.45, 7) is 3.86. The minimum atomic E-state index is -0.733. The van der Waals surface area contributed by atoms with Gasteiger partial charge in [0.2, 0.25) is 0 Å². The van der Waals surface area contributed by atoms with E-state index >= 15 is 0 Å². The highest BCUT2D eigenvalue weighted by Gasteiger charge is 2.35. The highest BCUT2D eigenvalue weighted by molar-refractivity contribution is 6.04. The third-order valence-electron chi connectivity index (χ3n) is 6.93. The van der Waals surface area contributed by atoms with Crippen molar-refractivity contribution in [1.29, 1.82) is 0 Å². The number of aliphatic hydroxyl groups is 1. The molecule has 0 fully saturated rings. The standard InChI is InChI=1S/C28H27FN6O5/c1-16-13-33(28(38)23-7-4-10-30-23)15-22-25(27(37)31-21-6-3-5-18(11-21)17(2)36)32-34(26(16)22)14-19-8-9-20(29)12-24(19)35(39)40/h3-12,16-17,30,36H,13-15H2,1-2H3,(H,31,37)/t16?,17-/m0/s1. The Labute approximate surface area is 228 Å². The molecule has 2 aromatic heterocycles. The summed E-state index contributed by atoms with van der Waals surface area (Å²) in [7, 11) is 0. The fraction of sp³-hybridized carbons (Fsp3) is 0.250. The number of halogens is 1. The molecule has 2 amide bonds. The predicted molar refractivity (Wildman–Crippen MR) is 143 cm³/mol. The van der Waals surface area contributed by atoms with E-state index in [1.807, 2.05) is 6.92 Å². The average molecular weight is 547 g/mol. The SMILES string of the molecule is CC1CN(C(=O)c2ccc[nH]2)Cc2c(C(=O)Nc3cccc([C@H](C)O)c3)nn(Cc3ccc(F)cc3[N+](=O)[O-])c21. The van der Waals surface area contributed by atoms with Gasteiger partial charge >= 0.3 is 0 Å². The van der Waals surface area contributed by atoms with Crippen molar-refractivity contribution in [3.05, 3.63) is 110 Å². The number of nitro benzene ring substituents is 1. The number of rotatable bonds is 7. The lowest BCUT2D eigenvalue weighted by molar-refractivity contribution is -0.385. The van der Waals surface area contributed by atoms with E-state index in [4.69, 9.17) is 0 Å². The van der Waals surface area contributed by atoms with Gasteiger partial charge in [-0.05, 0) is 48.9 Å². The summed E-state index contributed by atoms with van der Waals surface area (Å²) >= 11 is 0. The van der Waals surface area contributed by atoms with Crippen LogP contribution in [0.15, 0.2) is 60.8 Å². The molecule has 1 aliphatic heterocycles. The fourth-order valence-electron chi connectivity index (χ4n) is 5.05. The Balaban J connectivity index is 1.55. The first kappa shape index (κ1) is 26.8. The van der Waals surface area contributed by atoms with Crippen LogP contribution in [0, 0.1) is 15.9 Å². The third-order valence-corrected chi connectivity index (χ3v) is 6.93. The molecule has 0 bridgehead atoms. The molecule has 3 heterocycles. The predicted octanol–water partition coefficient (Wildman–Crippen LogP) is 4.37. The highest BCUT2D eigenvalue weighted by Crippen LogP contribution is 2.33. The monoisotopic (exact) mass is 546 g/mol. The number of aromatic amines is 1. The second-order valence-corrected chi connectivity index (χ2v) is 9.83. The molecular weight excluding hydrogens is 519 g/mol. The van der Waals surface area contributed by atoms with Gasteiger partial charge in [-0.3, -0.25) is 24.4 Å². The van der Waals surface area contributed by atoms with Crippen LogP contribution in [0.1, 0.15) is 69.2 Å². The van der Waals surface area contributed by atoms with Crippen molar-refractivity contribution in [2.24, 2.45) is 0 Å². The number of H-pyrrole nitrogens is 1. The number of nitrogens with one attached hydrogen (secondary N) is 2. The van der Waals surface area contributed by atoms with E-state index in [0.29, 0.717) is 34.7 Å². The van der Waals surface area contributed by atoms with Gasteiger partial charge in [-0.25, -0.2) is 4.39 Å². The molecule has 0 saturated heterocycles. The number of hydrogen-bond donors (Lipinski definition) is 3. The summed E-state index contributed by atoms with van der Waals surface area (Å²) in [5, 5.41) is 28.9. The summed E-state index contributed by atoms with van der Waals surface area (Å²) in [5.74, 6) is -1.77. The zero-order valence-corrected chi connectivity index (χ0v) is 21.8. The number of aromatic nitrogens is 3. The van der Waals surface area contributed by atoms with E-state index in [9.17, 15) is 29.2 Å². The van der Waals surface area contributed by atoms with E-state index in [-0.39, 0.29) is 36.2 Å². The lowest BCUT2D eigenvalue weighted by Crippen LogP contribution is -2.38. The number of aliphatic hydroxyl groups excluding tert-OH is 1. The van der Waals surface area contributed by atoms with Crippen molar-refractivity contribution in [2.75, 3.05) is 11.9 Å². The fourth-order valence-corrected chi connectivity index (χ4v) is 5.05. The van der Waals surface area contributed by atoms with Crippen molar-refractivity contribution in [3.63, 3.8) is 0 Å². The Kier molecular flexibility index (Phi) is 7.18. The molecule has 3 N–H and O–H groups in total. The summed E-state index contributed by atoms with van der Waals surface area (Å²) in [6.07, 6.45) is 0.920. The first-order chi connectivity index (χ1) is 19.1. The van der Waals surface area contributed by atoms with Crippen LogP contribution in [-0.2, 0) is 13.1 Å². The molecule has 0 saturated carbocycles. The maximum Gasteiger partial charge on any atom is 0.277 e. The number of amides is 2. The van der Waals surface area contributed by atoms with Crippen molar-refractivity contribution >= 4 is 23.2 Å². The number of fused-ring (bicyclic) bond motifs is 1. The highest BCUT2D eigenvalue weighted by atomic mass is 19.1. The van der Waals surface area contributed by atoms with Gasteiger partial charge in [0.05, 0.1) is 35.7 Å². The Morgan fingerprint density at radius 3 is 2.75 bits per heavy atom. The molecule has 1 aliphatic rings. The number of anilines is 1. The normalized spacial score (nSPS) is 15.4. The summed E-state index contributed by atoms with van der Waals surface area (Å²) in [4.78, 5) is 42.2. The topological polar surface area (TPSA) is 146 Å². The van der Waals surface area contributed by atoms with Gasteiger partial charge in [0.25, 0.3) is 17.5 Å². The van der Waals surface area contributed by atoms with E-state index in [0.717, 1.165) is 12.1 Å². The van der Waals surface area contributed by atoms with Crippen LogP contribution in [0.4, 0.5) is 15.8 Å². The lowest BCUT2D eigenvalue weighted by Gasteiger charge is -2.32. The smallest absolute Gasteiger partial charge is 0.277 e. The molecule has 4 aromatic rings. The van der Waals surface area contributed by atoms with Gasteiger partial charge < -0.3 is 20.3 Å². The number of nitro groups is 1. The number of benzene rings is 2. The van der Waals surface area contributed by atoms with Gasteiger partial charge in [-0.2, -0.15) is 5.10 Å². The molecule has 12 heteroatoms. The number of nitrogens with zero attached hydrogens (tertiary/aromatic N) is 4. The quantitative estimate of drug-likeness (QED) is 0.232. The first-order valence-electron chi connectivity index (χ1n) is 12.7. The largest absolute Gasteiger partial charge is 0.389 e. The Morgan fingerprint density at radius 1 is 1.25 bits per heavy atom. The van der Waals surface area contributed by atoms with Gasteiger partial charge in [0.1, 0.15) is 11.5 Å². The number of hydrogen-bond acceptors (Lipinski definition) is 6. The molecule has 40 heavy (non-hydrogen) atoms. The summed E-state index contributed by atoms with van der Waals surface area (Å²) in [6, 6.07) is 13.5. The molecule has 1 unspecified atom stereocenters. The van der Waals surface area contributed by atoms with Gasteiger partial charge in [0.15, 0.2) is 5.69 Å². The zero-order valence-electron chi connectivity index (χ0n) is 21.8. The van der Waals surface area contributed by atoms with Crippen LogP contribution in [0.3, 0.4) is 0 Å². The molecule has 5 rings (SSSR count). The Hall–Kier alpha value is -4.84. The van der Waals surface area contributed by atoms with Crippen LogP contribution in [-0.4, -0.2) is 48.1 Å². The second-order valence-electron chi connectivity index (χ2n) is 9.83. The third kappa shape index (κ3) is 5.21. The lowest BCUT2D eigenvalue weighted by atomic mass is 9.95. The minimum Gasteiger partial charge on any atom is -0.389 e. The van der Waals surface area contributed by atoms with Crippen LogP contribution < -0.4 is 5.32 Å². The minimum absolute atomic E-state index is 0.0676. The van der Waals surface area contributed by atoms with Crippen molar-refractivity contribution in [2.45, 2.75) is 39.0 Å². The maximum absolute atomic E-state index is 13.8. The molecule has 0 spiro atoms. The molecule has 0 radical (unpaired) electrons. The molecular formula is C28H27FN6O5. The van der Waals surface area contributed by atoms with Crippen LogP contribution in [0.5, 0.6) is 0 Å². The Morgan fingerprint density at radius 2 is 2.05 bits per heavy atom.